The Morgan fingerprint density at radius 3 is 2.73 bits per heavy atom. The Hall–Kier alpha value is -2.80. The van der Waals surface area contributed by atoms with Crippen molar-refractivity contribution in [2.24, 2.45) is 7.05 Å². The van der Waals surface area contributed by atoms with Gasteiger partial charge in [0, 0.05) is 19.3 Å². The highest BCUT2D eigenvalue weighted by Crippen LogP contribution is 2.26. The molecule has 7 heteroatoms. The Bertz CT molecular complexity index is 901. The van der Waals surface area contributed by atoms with Gasteiger partial charge in [-0.25, -0.2) is 0 Å². The van der Waals surface area contributed by atoms with Crippen LogP contribution in [0.4, 0.5) is 5.69 Å². The van der Waals surface area contributed by atoms with Gasteiger partial charge in [0.05, 0.1) is 17.6 Å². The quantitative estimate of drug-likeness (QED) is 0.470. The van der Waals surface area contributed by atoms with E-state index in [0.717, 1.165) is 22.8 Å². The van der Waals surface area contributed by atoms with E-state index in [1.165, 1.54) is 11.8 Å². The number of benzene rings is 1. The van der Waals surface area contributed by atoms with Crippen LogP contribution < -0.4 is 4.90 Å². The molecule has 3 rings (SSSR count). The third kappa shape index (κ3) is 3.72. The molecule has 6 nitrogen and oxygen atoms in total. The number of amides is 1. The second-order valence-corrected chi connectivity index (χ2v) is 6.62. The van der Waals surface area contributed by atoms with E-state index in [4.69, 9.17) is 4.42 Å². The molecule has 0 aliphatic rings. The number of furan rings is 1. The van der Waals surface area contributed by atoms with Crippen molar-refractivity contribution in [3.8, 4) is 11.4 Å². The molecule has 0 unspecified atom stereocenters. The van der Waals surface area contributed by atoms with E-state index >= 15 is 0 Å². The maximum absolute atomic E-state index is 12.7. The van der Waals surface area contributed by atoms with Crippen molar-refractivity contribution in [1.82, 2.24) is 14.8 Å². The minimum atomic E-state index is -0.00913. The number of hydrogen-bond donors (Lipinski definition) is 0. The van der Waals surface area contributed by atoms with Gasteiger partial charge in [-0.2, -0.15) is 0 Å². The zero-order chi connectivity index (χ0) is 18.5. The molecule has 1 aromatic carbocycles. The lowest BCUT2D eigenvalue weighted by Crippen LogP contribution is -2.32. The summed E-state index contributed by atoms with van der Waals surface area (Å²) in [6, 6.07) is 11.4. The highest BCUT2D eigenvalue weighted by atomic mass is 32.2. The first-order chi connectivity index (χ1) is 12.6. The molecule has 0 aliphatic carbocycles. The number of hydrogen-bond acceptors (Lipinski definition) is 5. The van der Waals surface area contributed by atoms with Crippen LogP contribution in [0, 0.1) is 6.92 Å². The summed E-state index contributed by atoms with van der Waals surface area (Å²) in [7, 11) is 1.88. The minimum absolute atomic E-state index is 0.00913. The molecule has 2 aromatic heterocycles. The average molecular weight is 368 g/mol. The molecule has 134 valence electrons. The SMILES string of the molecule is C=CCN(C(=O)CSc1nnc(-c2ccoc2C)n1C)c1ccccc1. The van der Waals surface area contributed by atoms with Crippen LogP contribution in [0.3, 0.4) is 0 Å². The predicted octanol–water partition coefficient (Wildman–Crippen LogP) is 3.69. The molecule has 2 heterocycles. The molecule has 0 atom stereocenters. The summed E-state index contributed by atoms with van der Waals surface area (Å²) in [4.78, 5) is 14.4. The number of para-hydroxylation sites is 1. The van der Waals surface area contributed by atoms with Crippen molar-refractivity contribution in [2.75, 3.05) is 17.2 Å². The maximum Gasteiger partial charge on any atom is 0.237 e. The number of rotatable bonds is 7. The van der Waals surface area contributed by atoms with Crippen LogP contribution in [0.5, 0.6) is 0 Å². The van der Waals surface area contributed by atoms with Crippen molar-refractivity contribution in [3.05, 3.63) is 61.1 Å². The summed E-state index contributed by atoms with van der Waals surface area (Å²) in [6.07, 6.45) is 3.35. The Balaban J connectivity index is 1.72. The predicted molar refractivity (Wildman–Crippen MR) is 103 cm³/mol. The summed E-state index contributed by atoms with van der Waals surface area (Å²) in [5, 5.41) is 9.11. The zero-order valence-electron chi connectivity index (χ0n) is 14.8. The summed E-state index contributed by atoms with van der Waals surface area (Å²) in [5.74, 6) is 1.76. The van der Waals surface area contributed by atoms with Crippen molar-refractivity contribution >= 4 is 23.4 Å². The number of carbonyl (C=O) groups is 1. The molecule has 3 aromatic rings. The van der Waals surface area contributed by atoms with Crippen molar-refractivity contribution in [1.29, 1.82) is 0 Å². The second-order valence-electron chi connectivity index (χ2n) is 5.67. The molecule has 0 saturated heterocycles. The van der Waals surface area contributed by atoms with Gasteiger partial charge in [-0.1, -0.05) is 36.0 Å². The van der Waals surface area contributed by atoms with Gasteiger partial charge in [0.25, 0.3) is 0 Å². The van der Waals surface area contributed by atoms with E-state index in [0.29, 0.717) is 11.7 Å². The lowest BCUT2D eigenvalue weighted by Gasteiger charge is -2.21. The molecule has 0 spiro atoms. The van der Waals surface area contributed by atoms with Crippen LogP contribution >= 0.6 is 11.8 Å². The molecule has 0 radical (unpaired) electrons. The van der Waals surface area contributed by atoms with Crippen LogP contribution in [0.1, 0.15) is 5.76 Å². The smallest absolute Gasteiger partial charge is 0.237 e. The van der Waals surface area contributed by atoms with E-state index in [-0.39, 0.29) is 11.7 Å². The number of aromatic nitrogens is 3. The van der Waals surface area contributed by atoms with Crippen molar-refractivity contribution < 1.29 is 9.21 Å². The number of thioether (sulfide) groups is 1. The van der Waals surface area contributed by atoms with Gasteiger partial charge in [-0.15, -0.1) is 16.8 Å². The van der Waals surface area contributed by atoms with E-state index in [1.54, 1.807) is 17.2 Å². The third-order valence-corrected chi connectivity index (χ3v) is 4.94. The maximum atomic E-state index is 12.7. The fourth-order valence-electron chi connectivity index (χ4n) is 2.58. The Labute approximate surface area is 156 Å². The normalized spacial score (nSPS) is 10.7. The largest absolute Gasteiger partial charge is 0.469 e. The van der Waals surface area contributed by atoms with Gasteiger partial charge in [0.1, 0.15) is 5.76 Å². The number of carbonyl (C=O) groups excluding carboxylic acids is 1. The van der Waals surface area contributed by atoms with Gasteiger partial charge in [0.15, 0.2) is 11.0 Å². The average Bonchev–Trinajstić information content (AvgIpc) is 3.23. The third-order valence-electron chi connectivity index (χ3n) is 3.94. The molecular formula is C19H20N4O2S. The zero-order valence-corrected chi connectivity index (χ0v) is 15.6. The van der Waals surface area contributed by atoms with Crippen LogP contribution in [0.15, 0.2) is 64.9 Å². The fourth-order valence-corrected chi connectivity index (χ4v) is 3.37. The highest BCUT2D eigenvalue weighted by molar-refractivity contribution is 7.99. The number of anilines is 1. The van der Waals surface area contributed by atoms with Crippen LogP contribution in [0.2, 0.25) is 0 Å². The first kappa shape index (κ1) is 18.0. The van der Waals surface area contributed by atoms with Gasteiger partial charge in [-0.3, -0.25) is 4.79 Å². The Kier molecular flexibility index (Phi) is 5.58. The summed E-state index contributed by atoms with van der Waals surface area (Å²) in [6.45, 7) is 6.09. The molecule has 0 fully saturated rings. The van der Waals surface area contributed by atoms with Crippen LogP contribution in [-0.4, -0.2) is 33.0 Å². The number of aryl methyl sites for hydroxylation is 1. The molecular weight excluding hydrogens is 348 g/mol. The molecule has 0 aliphatic heterocycles. The van der Waals surface area contributed by atoms with Gasteiger partial charge < -0.3 is 13.9 Å². The topological polar surface area (TPSA) is 64.2 Å². The summed E-state index contributed by atoms with van der Waals surface area (Å²) in [5.41, 5.74) is 1.75. The van der Waals surface area contributed by atoms with Gasteiger partial charge >= 0.3 is 0 Å². The molecule has 0 saturated carbocycles. The van der Waals surface area contributed by atoms with Crippen molar-refractivity contribution in [2.45, 2.75) is 12.1 Å². The van der Waals surface area contributed by atoms with Gasteiger partial charge in [0.2, 0.25) is 5.91 Å². The van der Waals surface area contributed by atoms with E-state index in [1.807, 2.05) is 54.9 Å². The second kappa shape index (κ2) is 8.05. The first-order valence-corrected chi connectivity index (χ1v) is 9.13. The van der Waals surface area contributed by atoms with E-state index in [9.17, 15) is 4.79 Å². The Morgan fingerprint density at radius 1 is 1.31 bits per heavy atom. The molecule has 26 heavy (non-hydrogen) atoms. The molecule has 1 amide bonds. The monoisotopic (exact) mass is 368 g/mol. The Morgan fingerprint density at radius 2 is 2.08 bits per heavy atom. The highest BCUT2D eigenvalue weighted by Gasteiger charge is 2.18. The van der Waals surface area contributed by atoms with Crippen LogP contribution in [-0.2, 0) is 11.8 Å². The van der Waals surface area contributed by atoms with E-state index in [2.05, 4.69) is 16.8 Å². The minimum Gasteiger partial charge on any atom is -0.469 e. The first-order valence-electron chi connectivity index (χ1n) is 8.14. The van der Waals surface area contributed by atoms with Crippen LogP contribution in [0.25, 0.3) is 11.4 Å². The van der Waals surface area contributed by atoms with E-state index < -0.39 is 0 Å². The summed E-state index contributed by atoms with van der Waals surface area (Å²) < 4.78 is 7.20. The number of nitrogens with zero attached hydrogens (tertiary/aromatic N) is 4. The molecule has 0 N–H and O–H groups in total. The fraction of sp³-hybridized carbons (Fsp3) is 0.211. The van der Waals surface area contributed by atoms with Crippen molar-refractivity contribution in [3.63, 3.8) is 0 Å². The lowest BCUT2D eigenvalue weighted by molar-refractivity contribution is -0.116. The summed E-state index contributed by atoms with van der Waals surface area (Å²) >= 11 is 1.36. The standard InChI is InChI=1S/C19H20N4O2S/c1-4-11-23(15-8-6-5-7-9-15)17(24)13-26-19-21-20-18(22(19)3)16-10-12-25-14(16)2/h4-10,12H,1,11,13H2,2-3H3. The van der Waals surface area contributed by atoms with Gasteiger partial charge in [-0.05, 0) is 25.1 Å². The molecule has 0 bridgehead atoms. The lowest BCUT2D eigenvalue weighted by atomic mass is 10.2.